The third kappa shape index (κ3) is 3.10. The Bertz CT molecular complexity index is 452. The standard InChI is InChI=1S/C17H28N2S/c1-4-14-8-9-15(20-14)11-19-12-17(3,5-2)18-10-16(19)13-6-7-13/h8-9,13,16,18H,4-7,10-12H2,1-3H3. The second-order valence-corrected chi connectivity index (χ2v) is 8.08. The highest BCUT2D eigenvalue weighted by molar-refractivity contribution is 7.11. The maximum Gasteiger partial charge on any atom is 0.0332 e. The van der Waals surface area contributed by atoms with Gasteiger partial charge in [0.1, 0.15) is 0 Å². The molecule has 0 amide bonds. The van der Waals surface area contributed by atoms with Crippen LogP contribution in [-0.2, 0) is 13.0 Å². The minimum Gasteiger partial charge on any atom is -0.309 e. The van der Waals surface area contributed by atoms with E-state index in [0.29, 0.717) is 5.54 Å². The monoisotopic (exact) mass is 292 g/mol. The second kappa shape index (κ2) is 5.78. The number of hydrogen-bond donors (Lipinski definition) is 1. The Labute approximate surface area is 127 Å². The van der Waals surface area contributed by atoms with Crippen molar-refractivity contribution in [1.29, 1.82) is 0 Å². The van der Waals surface area contributed by atoms with Gasteiger partial charge in [0.2, 0.25) is 0 Å². The first kappa shape index (κ1) is 14.6. The molecule has 1 saturated carbocycles. The molecule has 1 N–H and O–H groups in total. The van der Waals surface area contributed by atoms with Crippen molar-refractivity contribution in [1.82, 2.24) is 10.2 Å². The quantitative estimate of drug-likeness (QED) is 0.891. The second-order valence-electron chi connectivity index (χ2n) is 6.83. The molecule has 3 rings (SSSR count). The number of aryl methyl sites for hydroxylation is 1. The van der Waals surface area contributed by atoms with E-state index in [2.05, 4.69) is 43.1 Å². The maximum atomic E-state index is 3.81. The van der Waals surface area contributed by atoms with Gasteiger partial charge in [-0.25, -0.2) is 0 Å². The lowest BCUT2D eigenvalue weighted by Crippen LogP contribution is -2.62. The molecule has 2 heterocycles. The fourth-order valence-electron chi connectivity index (χ4n) is 3.35. The average molecular weight is 292 g/mol. The summed E-state index contributed by atoms with van der Waals surface area (Å²) in [4.78, 5) is 5.84. The van der Waals surface area contributed by atoms with Crippen LogP contribution in [0, 0.1) is 5.92 Å². The Morgan fingerprint density at radius 1 is 1.30 bits per heavy atom. The molecule has 0 spiro atoms. The largest absolute Gasteiger partial charge is 0.309 e. The molecule has 0 aromatic carbocycles. The molecule has 2 unspecified atom stereocenters. The van der Waals surface area contributed by atoms with Gasteiger partial charge in [0.25, 0.3) is 0 Å². The first-order valence-corrected chi connectivity index (χ1v) is 9.02. The van der Waals surface area contributed by atoms with Gasteiger partial charge >= 0.3 is 0 Å². The van der Waals surface area contributed by atoms with Crippen molar-refractivity contribution in [3.05, 3.63) is 21.9 Å². The normalized spacial score (nSPS) is 31.6. The molecule has 0 radical (unpaired) electrons. The molecule has 1 aromatic rings. The lowest BCUT2D eigenvalue weighted by molar-refractivity contribution is 0.0671. The minimum atomic E-state index is 0.302. The zero-order valence-corrected chi connectivity index (χ0v) is 13.9. The summed E-state index contributed by atoms with van der Waals surface area (Å²) in [6, 6.07) is 5.42. The molecule has 1 aliphatic heterocycles. The van der Waals surface area contributed by atoms with Gasteiger partial charge in [-0.1, -0.05) is 13.8 Å². The van der Waals surface area contributed by atoms with Gasteiger partial charge in [0, 0.05) is 41.0 Å². The van der Waals surface area contributed by atoms with Crippen LogP contribution >= 0.6 is 11.3 Å². The van der Waals surface area contributed by atoms with E-state index in [1.165, 1.54) is 43.6 Å². The lowest BCUT2D eigenvalue weighted by atomic mass is 9.92. The van der Waals surface area contributed by atoms with Crippen LogP contribution in [0.25, 0.3) is 0 Å². The predicted octanol–water partition coefficient (Wildman–Crippen LogP) is 3.66. The summed E-state index contributed by atoms with van der Waals surface area (Å²) in [5, 5.41) is 3.81. The van der Waals surface area contributed by atoms with Crippen molar-refractivity contribution in [2.24, 2.45) is 5.92 Å². The number of rotatable bonds is 5. The topological polar surface area (TPSA) is 15.3 Å². The van der Waals surface area contributed by atoms with Crippen LogP contribution in [-0.4, -0.2) is 29.6 Å². The highest BCUT2D eigenvalue weighted by Crippen LogP contribution is 2.38. The molecule has 2 aliphatic rings. The number of nitrogens with zero attached hydrogens (tertiary/aromatic N) is 1. The SMILES string of the molecule is CCc1ccc(CN2CC(C)(CC)NCC2C2CC2)s1. The molecule has 1 aromatic heterocycles. The Morgan fingerprint density at radius 2 is 2.05 bits per heavy atom. The van der Waals surface area contributed by atoms with Crippen molar-refractivity contribution >= 4 is 11.3 Å². The molecule has 1 aliphatic carbocycles. The summed E-state index contributed by atoms with van der Waals surface area (Å²) in [7, 11) is 0. The van der Waals surface area contributed by atoms with E-state index in [1.54, 1.807) is 4.88 Å². The first-order chi connectivity index (χ1) is 9.63. The molecule has 2 fully saturated rings. The molecule has 112 valence electrons. The zero-order valence-electron chi connectivity index (χ0n) is 13.1. The van der Waals surface area contributed by atoms with Crippen molar-refractivity contribution < 1.29 is 0 Å². The molecule has 2 nitrogen and oxygen atoms in total. The number of nitrogens with one attached hydrogen (secondary N) is 1. The number of piperazine rings is 1. The highest BCUT2D eigenvalue weighted by Gasteiger charge is 2.41. The summed E-state index contributed by atoms with van der Waals surface area (Å²) in [6.07, 6.45) is 5.27. The summed E-state index contributed by atoms with van der Waals surface area (Å²) in [6.45, 7) is 10.5. The van der Waals surface area contributed by atoms with Crippen LogP contribution in [0.15, 0.2) is 12.1 Å². The van der Waals surface area contributed by atoms with E-state index in [4.69, 9.17) is 0 Å². The number of thiophene rings is 1. The van der Waals surface area contributed by atoms with Crippen LogP contribution in [0.2, 0.25) is 0 Å². The fraction of sp³-hybridized carbons (Fsp3) is 0.765. The molecular formula is C17H28N2S. The van der Waals surface area contributed by atoms with Gasteiger partial charge in [-0.05, 0) is 50.7 Å². The summed E-state index contributed by atoms with van der Waals surface area (Å²) < 4.78 is 0. The van der Waals surface area contributed by atoms with Gasteiger partial charge in [-0.3, -0.25) is 4.90 Å². The van der Waals surface area contributed by atoms with Crippen LogP contribution in [0.4, 0.5) is 0 Å². The van der Waals surface area contributed by atoms with Crippen molar-refractivity contribution in [2.75, 3.05) is 13.1 Å². The van der Waals surface area contributed by atoms with E-state index in [0.717, 1.165) is 18.5 Å². The van der Waals surface area contributed by atoms with Gasteiger partial charge < -0.3 is 5.32 Å². The van der Waals surface area contributed by atoms with E-state index in [9.17, 15) is 0 Å². The molecular weight excluding hydrogens is 264 g/mol. The molecule has 2 atom stereocenters. The minimum absolute atomic E-state index is 0.302. The van der Waals surface area contributed by atoms with Crippen LogP contribution in [0.1, 0.15) is 49.8 Å². The lowest BCUT2D eigenvalue weighted by Gasteiger charge is -2.46. The van der Waals surface area contributed by atoms with E-state index >= 15 is 0 Å². The van der Waals surface area contributed by atoms with Crippen LogP contribution in [0.3, 0.4) is 0 Å². The smallest absolute Gasteiger partial charge is 0.0332 e. The van der Waals surface area contributed by atoms with Gasteiger partial charge in [-0.15, -0.1) is 11.3 Å². The van der Waals surface area contributed by atoms with Gasteiger partial charge in [0.15, 0.2) is 0 Å². The third-order valence-electron chi connectivity index (χ3n) is 5.13. The average Bonchev–Trinajstić information content (AvgIpc) is 3.19. The first-order valence-electron chi connectivity index (χ1n) is 8.20. The van der Waals surface area contributed by atoms with Crippen LogP contribution in [0.5, 0.6) is 0 Å². The Hall–Kier alpha value is -0.380. The van der Waals surface area contributed by atoms with E-state index in [1.807, 2.05) is 11.3 Å². The Morgan fingerprint density at radius 3 is 2.65 bits per heavy atom. The molecule has 0 bridgehead atoms. The van der Waals surface area contributed by atoms with E-state index in [-0.39, 0.29) is 0 Å². The zero-order chi connectivity index (χ0) is 14.2. The van der Waals surface area contributed by atoms with E-state index < -0.39 is 0 Å². The van der Waals surface area contributed by atoms with Crippen molar-refractivity contribution in [3.63, 3.8) is 0 Å². The summed E-state index contributed by atoms with van der Waals surface area (Å²) in [5.41, 5.74) is 0.302. The molecule has 20 heavy (non-hydrogen) atoms. The predicted molar refractivity (Wildman–Crippen MR) is 87.3 cm³/mol. The summed E-state index contributed by atoms with van der Waals surface area (Å²) in [5.74, 6) is 0.953. The highest BCUT2D eigenvalue weighted by atomic mass is 32.1. The van der Waals surface area contributed by atoms with Gasteiger partial charge in [0.05, 0.1) is 0 Å². The maximum absolute atomic E-state index is 3.81. The molecule has 3 heteroatoms. The molecule has 1 saturated heterocycles. The third-order valence-corrected chi connectivity index (χ3v) is 6.34. The summed E-state index contributed by atoms with van der Waals surface area (Å²) >= 11 is 2.01. The Kier molecular flexibility index (Phi) is 4.21. The van der Waals surface area contributed by atoms with Crippen molar-refractivity contribution in [3.8, 4) is 0 Å². The fourth-order valence-corrected chi connectivity index (χ4v) is 4.34. The van der Waals surface area contributed by atoms with Crippen molar-refractivity contribution in [2.45, 2.75) is 64.6 Å². The van der Waals surface area contributed by atoms with Crippen LogP contribution < -0.4 is 5.32 Å². The van der Waals surface area contributed by atoms with Gasteiger partial charge in [-0.2, -0.15) is 0 Å². The Balaban J connectivity index is 1.71. The number of hydrogen-bond acceptors (Lipinski definition) is 3.